The predicted octanol–water partition coefficient (Wildman–Crippen LogP) is 1.30. The minimum atomic E-state index is -3.09. The first-order valence-electron chi connectivity index (χ1n) is 10.2. The van der Waals surface area contributed by atoms with Crippen LogP contribution in [-0.4, -0.2) is 86.1 Å². The molecule has 2 unspecified atom stereocenters. The highest BCUT2D eigenvalue weighted by Gasteiger charge is 2.34. The van der Waals surface area contributed by atoms with Crippen molar-refractivity contribution in [3.63, 3.8) is 0 Å². The maximum atomic E-state index is 12.7. The van der Waals surface area contributed by atoms with Crippen LogP contribution in [0.15, 0.2) is 6.07 Å². The predicted molar refractivity (Wildman–Crippen MR) is 122 cm³/mol. The molecule has 2 aromatic rings. The molecule has 2 fully saturated rings. The van der Waals surface area contributed by atoms with Crippen molar-refractivity contribution in [1.82, 2.24) is 20.2 Å². The van der Waals surface area contributed by atoms with E-state index in [1.54, 1.807) is 11.3 Å². The standard InChI is InChI=1S/C19H26ClN5O4S2/c1-12(25-4-3-14(11-25)31(2,27)28)18(26)21-10-13-9-15-16(30-13)17(23-19(20)22-15)24-5-7-29-8-6-24/h9,12,14H,3-8,10-11H2,1-2H3,(H,21,26). The fraction of sp³-hybridized carbons (Fsp3) is 0.632. The molecule has 0 aliphatic carbocycles. The molecule has 0 aromatic carbocycles. The molecule has 0 radical (unpaired) electrons. The number of hydrogen-bond acceptors (Lipinski definition) is 9. The first-order chi connectivity index (χ1) is 14.7. The summed E-state index contributed by atoms with van der Waals surface area (Å²) in [5.74, 6) is 0.683. The molecule has 4 heterocycles. The maximum Gasteiger partial charge on any atom is 0.237 e. The molecule has 0 bridgehead atoms. The monoisotopic (exact) mass is 487 g/mol. The number of nitrogens with one attached hydrogen (secondary N) is 1. The molecule has 0 saturated carbocycles. The lowest BCUT2D eigenvalue weighted by Crippen LogP contribution is -2.44. The molecule has 1 amide bonds. The number of carbonyl (C=O) groups is 1. The van der Waals surface area contributed by atoms with E-state index in [-0.39, 0.29) is 17.2 Å². The summed E-state index contributed by atoms with van der Waals surface area (Å²) in [5.41, 5.74) is 0.763. The molecular formula is C19H26ClN5O4S2. The molecule has 0 spiro atoms. The number of carbonyl (C=O) groups excluding carboxylic acids is 1. The lowest BCUT2D eigenvalue weighted by molar-refractivity contribution is -0.125. The van der Waals surface area contributed by atoms with Crippen molar-refractivity contribution in [2.45, 2.75) is 31.2 Å². The van der Waals surface area contributed by atoms with E-state index in [1.165, 1.54) is 6.26 Å². The molecule has 2 saturated heterocycles. The second-order valence-electron chi connectivity index (χ2n) is 7.97. The van der Waals surface area contributed by atoms with Gasteiger partial charge in [-0.3, -0.25) is 9.69 Å². The first kappa shape index (κ1) is 22.7. The van der Waals surface area contributed by atoms with Gasteiger partial charge in [0.25, 0.3) is 0 Å². The van der Waals surface area contributed by atoms with Crippen molar-refractivity contribution >= 4 is 54.7 Å². The molecule has 1 N–H and O–H groups in total. The zero-order valence-corrected chi connectivity index (χ0v) is 19.9. The van der Waals surface area contributed by atoms with Gasteiger partial charge in [0.05, 0.1) is 41.3 Å². The van der Waals surface area contributed by atoms with Crippen LogP contribution in [0.3, 0.4) is 0 Å². The second-order valence-corrected chi connectivity index (χ2v) is 11.8. The largest absolute Gasteiger partial charge is 0.378 e. The lowest BCUT2D eigenvalue weighted by Gasteiger charge is -2.28. The minimum absolute atomic E-state index is 0.121. The van der Waals surface area contributed by atoms with Crippen molar-refractivity contribution in [3.05, 3.63) is 16.2 Å². The van der Waals surface area contributed by atoms with Crippen LogP contribution in [0.25, 0.3) is 10.2 Å². The Morgan fingerprint density at radius 1 is 1.35 bits per heavy atom. The number of thiophene rings is 1. The molecule has 170 valence electrons. The number of aromatic nitrogens is 2. The number of sulfone groups is 1. The number of morpholine rings is 1. The van der Waals surface area contributed by atoms with Gasteiger partial charge >= 0.3 is 0 Å². The van der Waals surface area contributed by atoms with Gasteiger partial charge in [0, 0.05) is 37.3 Å². The number of fused-ring (bicyclic) bond motifs is 1. The van der Waals surface area contributed by atoms with Crippen molar-refractivity contribution < 1.29 is 17.9 Å². The normalized spacial score (nSPS) is 21.5. The molecular weight excluding hydrogens is 462 g/mol. The summed E-state index contributed by atoms with van der Waals surface area (Å²) in [6.45, 7) is 5.96. The number of likely N-dealkylation sites (tertiary alicyclic amines) is 1. The highest BCUT2D eigenvalue weighted by Crippen LogP contribution is 2.33. The van der Waals surface area contributed by atoms with Gasteiger partial charge in [-0.1, -0.05) is 0 Å². The van der Waals surface area contributed by atoms with Crippen molar-refractivity contribution in [1.29, 1.82) is 0 Å². The molecule has 2 aromatic heterocycles. The van der Waals surface area contributed by atoms with E-state index >= 15 is 0 Å². The summed E-state index contributed by atoms with van der Waals surface area (Å²) >= 11 is 7.69. The Morgan fingerprint density at radius 3 is 2.77 bits per heavy atom. The van der Waals surface area contributed by atoms with Crippen LogP contribution in [0.1, 0.15) is 18.2 Å². The summed E-state index contributed by atoms with van der Waals surface area (Å²) < 4.78 is 29.9. The first-order valence-corrected chi connectivity index (χ1v) is 13.4. The quantitative estimate of drug-likeness (QED) is 0.608. The van der Waals surface area contributed by atoms with Crippen LogP contribution in [0, 0.1) is 0 Å². The van der Waals surface area contributed by atoms with Gasteiger partial charge in [-0.05, 0) is 31.0 Å². The van der Waals surface area contributed by atoms with Crippen LogP contribution >= 0.6 is 22.9 Å². The molecule has 9 nitrogen and oxygen atoms in total. The van der Waals surface area contributed by atoms with Crippen LogP contribution in [0.5, 0.6) is 0 Å². The van der Waals surface area contributed by atoms with Crippen LogP contribution in [0.2, 0.25) is 5.28 Å². The van der Waals surface area contributed by atoms with E-state index in [1.807, 2.05) is 17.9 Å². The molecule has 12 heteroatoms. The number of nitrogens with zero attached hydrogens (tertiary/aromatic N) is 4. The van der Waals surface area contributed by atoms with Gasteiger partial charge in [0.1, 0.15) is 0 Å². The third kappa shape index (κ3) is 5.11. The number of hydrogen-bond donors (Lipinski definition) is 1. The molecule has 31 heavy (non-hydrogen) atoms. The Kier molecular flexibility index (Phi) is 6.68. The SMILES string of the molecule is CC(C(=O)NCc1cc2nc(Cl)nc(N3CCOCC3)c2s1)N1CCC(S(C)(=O)=O)C1. The van der Waals surface area contributed by atoms with Crippen molar-refractivity contribution in [2.75, 3.05) is 50.5 Å². The highest BCUT2D eigenvalue weighted by molar-refractivity contribution is 7.91. The van der Waals surface area contributed by atoms with Crippen molar-refractivity contribution in [2.24, 2.45) is 0 Å². The van der Waals surface area contributed by atoms with Gasteiger partial charge in [0.15, 0.2) is 15.7 Å². The third-order valence-electron chi connectivity index (χ3n) is 5.83. The number of amides is 1. The summed E-state index contributed by atoms with van der Waals surface area (Å²) in [5, 5.41) is 2.77. The van der Waals surface area contributed by atoms with Crippen LogP contribution in [-0.2, 0) is 25.9 Å². The van der Waals surface area contributed by atoms with E-state index in [0.717, 1.165) is 34.0 Å². The van der Waals surface area contributed by atoms with Gasteiger partial charge in [-0.25, -0.2) is 13.4 Å². The van der Waals surface area contributed by atoms with Gasteiger partial charge in [-0.15, -0.1) is 11.3 Å². The highest BCUT2D eigenvalue weighted by atomic mass is 35.5. The Labute approximate surface area is 190 Å². The van der Waals surface area contributed by atoms with E-state index in [0.29, 0.717) is 39.3 Å². The second kappa shape index (κ2) is 9.14. The summed E-state index contributed by atoms with van der Waals surface area (Å²) in [6, 6.07) is 1.54. The lowest BCUT2D eigenvalue weighted by atomic mass is 10.2. The van der Waals surface area contributed by atoms with E-state index in [4.69, 9.17) is 16.3 Å². The molecule has 2 aliphatic heterocycles. The maximum absolute atomic E-state index is 12.7. The van der Waals surface area contributed by atoms with E-state index in [2.05, 4.69) is 20.2 Å². The Bertz CT molecular complexity index is 1070. The van der Waals surface area contributed by atoms with Crippen molar-refractivity contribution in [3.8, 4) is 0 Å². The number of ether oxygens (including phenoxy) is 1. The third-order valence-corrected chi connectivity index (χ3v) is 8.72. The van der Waals surface area contributed by atoms with Gasteiger partial charge in [-0.2, -0.15) is 4.98 Å². The summed E-state index contributed by atoms with van der Waals surface area (Å²) in [7, 11) is -3.09. The smallest absolute Gasteiger partial charge is 0.237 e. The number of rotatable bonds is 6. The fourth-order valence-corrected chi connectivity index (χ4v) is 6.18. The zero-order valence-electron chi connectivity index (χ0n) is 17.5. The Morgan fingerprint density at radius 2 is 2.10 bits per heavy atom. The van der Waals surface area contributed by atoms with Crippen LogP contribution < -0.4 is 10.2 Å². The fourth-order valence-electron chi connectivity index (χ4n) is 3.96. The van der Waals surface area contributed by atoms with E-state index < -0.39 is 15.1 Å². The topological polar surface area (TPSA) is 105 Å². The summed E-state index contributed by atoms with van der Waals surface area (Å²) in [6.07, 6.45) is 1.82. The zero-order chi connectivity index (χ0) is 22.2. The number of anilines is 1. The Balaban J connectivity index is 1.42. The minimum Gasteiger partial charge on any atom is -0.378 e. The number of halogens is 1. The van der Waals surface area contributed by atoms with Crippen LogP contribution in [0.4, 0.5) is 5.82 Å². The van der Waals surface area contributed by atoms with Gasteiger partial charge < -0.3 is 15.0 Å². The molecule has 2 aliphatic rings. The van der Waals surface area contributed by atoms with E-state index in [9.17, 15) is 13.2 Å². The van der Waals surface area contributed by atoms with Gasteiger partial charge in [0.2, 0.25) is 11.2 Å². The average Bonchev–Trinajstić information content (AvgIpc) is 3.38. The summed E-state index contributed by atoms with van der Waals surface area (Å²) in [4.78, 5) is 26.5. The average molecular weight is 488 g/mol. The molecule has 2 atom stereocenters. The Hall–Kier alpha value is -1.53. The molecule has 4 rings (SSSR count).